The maximum atomic E-state index is 13.7. The first-order chi connectivity index (χ1) is 8.90. The Kier molecular flexibility index (Phi) is 3.66. The highest BCUT2D eigenvalue weighted by molar-refractivity contribution is 6.30. The number of benzene rings is 1. The lowest BCUT2D eigenvalue weighted by Crippen LogP contribution is -2.02. The molecule has 0 saturated carbocycles. The van der Waals surface area contributed by atoms with Crippen LogP contribution in [-0.2, 0) is 7.05 Å². The Labute approximate surface area is 116 Å². The first kappa shape index (κ1) is 13.7. The molecule has 6 heteroatoms. The van der Waals surface area contributed by atoms with Gasteiger partial charge >= 0.3 is 0 Å². The quantitative estimate of drug-likeness (QED) is 0.903. The molecule has 0 fully saturated rings. The molecular formula is C13H16ClFN4. The normalized spacial score (nSPS) is 11.1. The maximum absolute atomic E-state index is 13.7. The van der Waals surface area contributed by atoms with E-state index < -0.39 is 5.82 Å². The van der Waals surface area contributed by atoms with Gasteiger partial charge in [0, 0.05) is 12.1 Å². The molecule has 0 radical (unpaired) electrons. The first-order valence-corrected chi connectivity index (χ1v) is 6.32. The zero-order valence-corrected chi connectivity index (χ0v) is 11.8. The zero-order valence-electron chi connectivity index (χ0n) is 11.0. The van der Waals surface area contributed by atoms with E-state index in [0.717, 1.165) is 5.69 Å². The predicted molar refractivity (Wildman–Crippen MR) is 76.4 cm³/mol. The summed E-state index contributed by atoms with van der Waals surface area (Å²) < 4.78 is 15.3. The summed E-state index contributed by atoms with van der Waals surface area (Å²) in [5, 5.41) is 7.73. The molecular weight excluding hydrogens is 267 g/mol. The molecule has 4 nitrogen and oxygen atoms in total. The van der Waals surface area contributed by atoms with Gasteiger partial charge in [-0.3, -0.25) is 4.68 Å². The third-order valence-corrected chi connectivity index (χ3v) is 3.08. The van der Waals surface area contributed by atoms with Crippen LogP contribution in [0.15, 0.2) is 18.2 Å². The zero-order chi connectivity index (χ0) is 14.2. The van der Waals surface area contributed by atoms with Crippen molar-refractivity contribution in [3.63, 3.8) is 0 Å². The van der Waals surface area contributed by atoms with Gasteiger partial charge in [-0.2, -0.15) is 5.10 Å². The summed E-state index contributed by atoms with van der Waals surface area (Å²) in [4.78, 5) is 0. The molecule has 0 saturated heterocycles. The summed E-state index contributed by atoms with van der Waals surface area (Å²) in [5.41, 5.74) is 7.62. The number of hydrogen-bond acceptors (Lipinski definition) is 3. The van der Waals surface area contributed by atoms with Gasteiger partial charge in [-0.15, -0.1) is 0 Å². The van der Waals surface area contributed by atoms with Crippen LogP contribution in [0, 0.1) is 5.82 Å². The van der Waals surface area contributed by atoms with E-state index in [1.54, 1.807) is 11.7 Å². The summed E-state index contributed by atoms with van der Waals surface area (Å²) in [6, 6.07) is 4.31. The minimum Gasteiger partial charge on any atom is -0.394 e. The first-order valence-electron chi connectivity index (χ1n) is 5.94. The predicted octanol–water partition coefficient (Wildman–Crippen LogP) is 3.66. The second-order valence-electron chi connectivity index (χ2n) is 4.67. The van der Waals surface area contributed by atoms with Gasteiger partial charge in [0.25, 0.3) is 0 Å². The second kappa shape index (κ2) is 5.09. The van der Waals surface area contributed by atoms with E-state index in [2.05, 4.69) is 10.4 Å². The number of hydrogen-bond donors (Lipinski definition) is 2. The van der Waals surface area contributed by atoms with E-state index in [-0.39, 0.29) is 11.6 Å². The van der Waals surface area contributed by atoms with Gasteiger partial charge in [0.15, 0.2) is 5.82 Å². The van der Waals surface area contributed by atoms with Crippen molar-refractivity contribution in [3.8, 4) is 0 Å². The largest absolute Gasteiger partial charge is 0.394 e. The lowest BCUT2D eigenvalue weighted by molar-refractivity contribution is 0.631. The van der Waals surface area contributed by atoms with Crippen molar-refractivity contribution in [1.29, 1.82) is 0 Å². The Morgan fingerprint density at radius 1 is 1.42 bits per heavy atom. The SMILES string of the molecule is CC(C)c1nn(C)c(Nc2cc(Cl)ccc2F)c1N. The van der Waals surface area contributed by atoms with Crippen LogP contribution in [0.5, 0.6) is 0 Å². The number of aromatic nitrogens is 2. The molecule has 0 aliphatic heterocycles. The van der Waals surface area contributed by atoms with Crippen LogP contribution in [0.4, 0.5) is 21.6 Å². The van der Waals surface area contributed by atoms with E-state index in [4.69, 9.17) is 17.3 Å². The third kappa shape index (κ3) is 2.66. The number of halogens is 2. The van der Waals surface area contributed by atoms with Gasteiger partial charge in [-0.25, -0.2) is 4.39 Å². The lowest BCUT2D eigenvalue weighted by Gasteiger charge is -2.09. The molecule has 1 aromatic heterocycles. The molecule has 102 valence electrons. The van der Waals surface area contributed by atoms with Crippen molar-refractivity contribution in [2.45, 2.75) is 19.8 Å². The van der Waals surface area contributed by atoms with Crippen LogP contribution in [0.25, 0.3) is 0 Å². The highest BCUT2D eigenvalue weighted by Gasteiger charge is 2.17. The van der Waals surface area contributed by atoms with Crippen LogP contribution >= 0.6 is 11.6 Å². The van der Waals surface area contributed by atoms with Crippen LogP contribution in [0.3, 0.4) is 0 Å². The minimum absolute atomic E-state index is 0.200. The molecule has 0 amide bonds. The van der Waals surface area contributed by atoms with Crippen molar-refractivity contribution in [2.75, 3.05) is 11.1 Å². The number of aryl methyl sites for hydroxylation is 1. The molecule has 2 rings (SSSR count). The van der Waals surface area contributed by atoms with Crippen molar-refractivity contribution < 1.29 is 4.39 Å². The topological polar surface area (TPSA) is 55.9 Å². The van der Waals surface area contributed by atoms with E-state index >= 15 is 0 Å². The maximum Gasteiger partial charge on any atom is 0.152 e. The lowest BCUT2D eigenvalue weighted by atomic mass is 10.1. The average Bonchev–Trinajstić information content (AvgIpc) is 2.62. The second-order valence-corrected chi connectivity index (χ2v) is 5.11. The number of anilines is 3. The summed E-state index contributed by atoms with van der Waals surface area (Å²) in [6.45, 7) is 4.00. The molecule has 0 atom stereocenters. The monoisotopic (exact) mass is 282 g/mol. The third-order valence-electron chi connectivity index (χ3n) is 2.84. The van der Waals surface area contributed by atoms with Crippen molar-refractivity contribution in [1.82, 2.24) is 9.78 Å². The number of nitrogens with two attached hydrogens (primary N) is 1. The average molecular weight is 283 g/mol. The Balaban J connectivity index is 2.41. The van der Waals surface area contributed by atoms with Crippen LogP contribution in [0.2, 0.25) is 5.02 Å². The van der Waals surface area contributed by atoms with Gasteiger partial charge in [-0.1, -0.05) is 25.4 Å². The number of nitrogens with zero attached hydrogens (tertiary/aromatic N) is 2. The summed E-state index contributed by atoms with van der Waals surface area (Å²) in [6.07, 6.45) is 0. The fourth-order valence-corrected chi connectivity index (χ4v) is 2.03. The molecule has 3 N–H and O–H groups in total. The molecule has 19 heavy (non-hydrogen) atoms. The number of nitrogen functional groups attached to an aromatic ring is 1. The Bertz CT molecular complexity index is 607. The van der Waals surface area contributed by atoms with E-state index in [0.29, 0.717) is 16.5 Å². The van der Waals surface area contributed by atoms with Gasteiger partial charge < -0.3 is 11.1 Å². The smallest absolute Gasteiger partial charge is 0.152 e. The van der Waals surface area contributed by atoms with Gasteiger partial charge in [0.1, 0.15) is 5.82 Å². The molecule has 0 bridgehead atoms. The summed E-state index contributed by atoms with van der Waals surface area (Å²) in [7, 11) is 1.76. The molecule has 0 unspecified atom stereocenters. The van der Waals surface area contributed by atoms with Gasteiger partial charge in [0.05, 0.1) is 17.1 Å². The highest BCUT2D eigenvalue weighted by Crippen LogP contribution is 2.31. The number of rotatable bonds is 3. The number of nitrogens with one attached hydrogen (secondary N) is 1. The van der Waals surface area contributed by atoms with Crippen molar-refractivity contribution in [2.24, 2.45) is 7.05 Å². The standard InChI is InChI=1S/C13H16ClFN4/c1-7(2)12-11(16)13(19(3)18-12)17-10-6-8(14)4-5-9(10)15/h4-7,17H,16H2,1-3H3. The fourth-order valence-electron chi connectivity index (χ4n) is 1.86. The Morgan fingerprint density at radius 3 is 2.68 bits per heavy atom. The van der Waals surface area contributed by atoms with Crippen LogP contribution in [-0.4, -0.2) is 9.78 Å². The van der Waals surface area contributed by atoms with Crippen LogP contribution < -0.4 is 11.1 Å². The molecule has 0 spiro atoms. The molecule has 0 aliphatic carbocycles. The van der Waals surface area contributed by atoms with E-state index in [1.165, 1.54) is 18.2 Å². The van der Waals surface area contributed by atoms with E-state index in [9.17, 15) is 4.39 Å². The van der Waals surface area contributed by atoms with Crippen molar-refractivity contribution >= 4 is 28.8 Å². The van der Waals surface area contributed by atoms with E-state index in [1.807, 2.05) is 13.8 Å². The summed E-state index contributed by atoms with van der Waals surface area (Å²) >= 11 is 5.86. The van der Waals surface area contributed by atoms with Crippen LogP contribution in [0.1, 0.15) is 25.5 Å². The van der Waals surface area contributed by atoms with Crippen molar-refractivity contribution in [3.05, 3.63) is 34.7 Å². The van der Waals surface area contributed by atoms with Gasteiger partial charge in [0.2, 0.25) is 0 Å². The highest BCUT2D eigenvalue weighted by atomic mass is 35.5. The molecule has 1 aromatic carbocycles. The molecule has 1 heterocycles. The Hall–Kier alpha value is -1.75. The Morgan fingerprint density at radius 2 is 2.11 bits per heavy atom. The van der Waals surface area contributed by atoms with Gasteiger partial charge in [-0.05, 0) is 24.1 Å². The molecule has 2 aromatic rings. The summed E-state index contributed by atoms with van der Waals surface area (Å²) in [5.74, 6) is 0.368. The minimum atomic E-state index is -0.393. The molecule has 0 aliphatic rings. The fraction of sp³-hybridized carbons (Fsp3) is 0.308.